The summed E-state index contributed by atoms with van der Waals surface area (Å²) in [6.07, 6.45) is 0. The molecule has 0 bridgehead atoms. The number of aromatic nitrogens is 3. The molecule has 4 aromatic rings. The van der Waals surface area contributed by atoms with Gasteiger partial charge in [-0.1, -0.05) is 72.4 Å². The Morgan fingerprint density at radius 3 is 2.06 bits per heavy atom. The third-order valence-corrected chi connectivity index (χ3v) is 6.67. The van der Waals surface area contributed by atoms with Crippen molar-refractivity contribution in [2.75, 3.05) is 19.9 Å². The average Bonchev–Trinajstić information content (AvgIpc) is 3.31. The lowest BCUT2D eigenvalue weighted by Gasteiger charge is -2.29. The highest BCUT2D eigenvalue weighted by Gasteiger charge is 2.24. The highest BCUT2D eigenvalue weighted by Crippen LogP contribution is 2.30. The van der Waals surface area contributed by atoms with E-state index in [1.807, 2.05) is 77.2 Å². The Morgan fingerprint density at radius 1 is 0.941 bits per heavy atom. The van der Waals surface area contributed by atoms with E-state index in [-0.39, 0.29) is 17.7 Å². The molecule has 0 aliphatic rings. The van der Waals surface area contributed by atoms with E-state index in [1.54, 1.807) is 7.11 Å². The molecule has 1 amide bonds. The molecule has 1 heterocycles. The number of carbonyl (C=O) groups is 1. The molecule has 3 aromatic carbocycles. The maximum absolute atomic E-state index is 13.3. The summed E-state index contributed by atoms with van der Waals surface area (Å²) in [5.74, 6) is 1.87. The van der Waals surface area contributed by atoms with Crippen LogP contribution in [0.1, 0.15) is 24.1 Å². The lowest BCUT2D eigenvalue weighted by molar-refractivity contribution is -0.128. The maximum Gasteiger partial charge on any atom is 0.233 e. The zero-order chi connectivity index (χ0) is 23.9. The number of nitrogens with zero attached hydrogens (tertiary/aromatic N) is 4. The van der Waals surface area contributed by atoms with Crippen molar-refractivity contribution in [2.24, 2.45) is 0 Å². The highest BCUT2D eigenvalue weighted by molar-refractivity contribution is 7.99. The first-order valence-electron chi connectivity index (χ1n) is 11.2. The van der Waals surface area contributed by atoms with Crippen molar-refractivity contribution in [1.29, 1.82) is 0 Å². The van der Waals surface area contributed by atoms with Gasteiger partial charge in [-0.05, 0) is 42.3 Å². The fourth-order valence-corrected chi connectivity index (χ4v) is 4.84. The van der Waals surface area contributed by atoms with Gasteiger partial charge in [-0.3, -0.25) is 4.79 Å². The second kappa shape index (κ2) is 11.0. The highest BCUT2D eigenvalue weighted by atomic mass is 32.2. The number of benzene rings is 3. The van der Waals surface area contributed by atoms with E-state index in [4.69, 9.17) is 4.74 Å². The number of hydrogen-bond acceptors (Lipinski definition) is 5. The number of hydrogen-bond donors (Lipinski definition) is 0. The Kier molecular flexibility index (Phi) is 7.65. The summed E-state index contributed by atoms with van der Waals surface area (Å²) in [5.41, 5.74) is 3.11. The first kappa shape index (κ1) is 23.6. The molecule has 0 saturated carbocycles. The predicted molar refractivity (Wildman–Crippen MR) is 136 cm³/mol. The third kappa shape index (κ3) is 5.15. The molecule has 0 fully saturated rings. The van der Waals surface area contributed by atoms with Crippen LogP contribution in [0.15, 0.2) is 90.1 Å². The number of methoxy groups -OCH3 is 1. The standard InChI is InChI=1S/C27H28N4O2S/c1-4-31-26(22-15-17-23(33-3)18-16-22)28-29-27(31)34-19-24(32)30(2)25(20-11-7-5-8-12-20)21-13-9-6-10-14-21/h5-18,25H,4,19H2,1-3H3. The van der Waals surface area contributed by atoms with Crippen LogP contribution in [-0.4, -0.2) is 45.5 Å². The Balaban J connectivity index is 1.52. The van der Waals surface area contributed by atoms with E-state index in [2.05, 4.69) is 41.4 Å². The van der Waals surface area contributed by atoms with E-state index in [0.717, 1.165) is 33.4 Å². The Labute approximate surface area is 204 Å². The fourth-order valence-electron chi connectivity index (χ4n) is 3.92. The maximum atomic E-state index is 13.3. The fraction of sp³-hybridized carbons (Fsp3) is 0.222. The van der Waals surface area contributed by atoms with Crippen LogP contribution in [0.3, 0.4) is 0 Å². The van der Waals surface area contributed by atoms with Crippen molar-refractivity contribution in [3.05, 3.63) is 96.1 Å². The van der Waals surface area contributed by atoms with Crippen molar-refractivity contribution in [1.82, 2.24) is 19.7 Å². The van der Waals surface area contributed by atoms with Crippen LogP contribution in [0.25, 0.3) is 11.4 Å². The molecule has 0 spiro atoms. The normalized spacial score (nSPS) is 10.9. The quantitative estimate of drug-likeness (QED) is 0.309. The van der Waals surface area contributed by atoms with Crippen molar-refractivity contribution >= 4 is 17.7 Å². The van der Waals surface area contributed by atoms with Gasteiger partial charge in [0.25, 0.3) is 0 Å². The van der Waals surface area contributed by atoms with Crippen LogP contribution in [0.2, 0.25) is 0 Å². The van der Waals surface area contributed by atoms with Crippen molar-refractivity contribution in [3.8, 4) is 17.1 Å². The molecule has 7 heteroatoms. The lowest BCUT2D eigenvalue weighted by Crippen LogP contribution is -2.33. The van der Waals surface area contributed by atoms with E-state index < -0.39 is 0 Å². The minimum absolute atomic E-state index is 0.0272. The third-order valence-electron chi connectivity index (χ3n) is 5.72. The van der Waals surface area contributed by atoms with Crippen LogP contribution in [0.5, 0.6) is 5.75 Å². The Hall–Kier alpha value is -3.58. The summed E-state index contributed by atoms with van der Waals surface area (Å²) in [6, 6.07) is 27.8. The number of rotatable bonds is 9. The monoisotopic (exact) mass is 472 g/mol. The predicted octanol–water partition coefficient (Wildman–Crippen LogP) is 5.31. The first-order chi connectivity index (χ1) is 16.6. The van der Waals surface area contributed by atoms with Crippen molar-refractivity contribution < 1.29 is 9.53 Å². The SMILES string of the molecule is CCn1c(SCC(=O)N(C)C(c2ccccc2)c2ccccc2)nnc1-c1ccc(OC)cc1. The summed E-state index contributed by atoms with van der Waals surface area (Å²) in [6.45, 7) is 2.76. The largest absolute Gasteiger partial charge is 0.497 e. The smallest absolute Gasteiger partial charge is 0.233 e. The van der Waals surface area contributed by atoms with Crippen LogP contribution in [-0.2, 0) is 11.3 Å². The van der Waals surface area contributed by atoms with Crippen LogP contribution < -0.4 is 4.74 Å². The van der Waals surface area contributed by atoms with Gasteiger partial charge in [0.1, 0.15) is 5.75 Å². The molecular weight excluding hydrogens is 444 g/mol. The molecule has 174 valence electrons. The summed E-state index contributed by atoms with van der Waals surface area (Å²) >= 11 is 1.41. The molecule has 0 radical (unpaired) electrons. The van der Waals surface area contributed by atoms with Gasteiger partial charge in [-0.25, -0.2) is 0 Å². The number of thioether (sulfide) groups is 1. The van der Waals surface area contributed by atoms with Gasteiger partial charge >= 0.3 is 0 Å². The second-order valence-corrected chi connectivity index (χ2v) is 8.74. The average molecular weight is 473 g/mol. The molecule has 0 aliphatic carbocycles. The van der Waals surface area contributed by atoms with Gasteiger partial charge in [0.05, 0.1) is 18.9 Å². The molecule has 34 heavy (non-hydrogen) atoms. The lowest BCUT2D eigenvalue weighted by atomic mass is 9.97. The van der Waals surface area contributed by atoms with Crippen molar-refractivity contribution in [2.45, 2.75) is 24.7 Å². The van der Waals surface area contributed by atoms with E-state index in [0.29, 0.717) is 6.54 Å². The van der Waals surface area contributed by atoms with Crippen LogP contribution >= 0.6 is 11.8 Å². The molecule has 0 aliphatic heterocycles. The summed E-state index contributed by atoms with van der Waals surface area (Å²) < 4.78 is 7.28. The van der Waals surface area contributed by atoms with Crippen LogP contribution in [0.4, 0.5) is 0 Å². The minimum Gasteiger partial charge on any atom is -0.497 e. The minimum atomic E-state index is -0.158. The van der Waals surface area contributed by atoms with Gasteiger partial charge in [-0.15, -0.1) is 10.2 Å². The molecule has 6 nitrogen and oxygen atoms in total. The Morgan fingerprint density at radius 2 is 1.53 bits per heavy atom. The van der Waals surface area contributed by atoms with Gasteiger partial charge in [0.15, 0.2) is 11.0 Å². The number of ether oxygens (including phenoxy) is 1. The van der Waals surface area contributed by atoms with Gasteiger partial charge in [0.2, 0.25) is 5.91 Å². The number of carbonyl (C=O) groups excluding carboxylic acids is 1. The molecule has 1 aromatic heterocycles. The van der Waals surface area contributed by atoms with Crippen LogP contribution in [0, 0.1) is 0 Å². The zero-order valence-corrected chi connectivity index (χ0v) is 20.4. The van der Waals surface area contributed by atoms with E-state index in [1.165, 1.54) is 11.8 Å². The molecule has 0 unspecified atom stereocenters. The molecule has 0 saturated heterocycles. The molecule has 0 N–H and O–H groups in total. The summed E-state index contributed by atoms with van der Waals surface area (Å²) in [5, 5.41) is 9.49. The van der Waals surface area contributed by atoms with Crippen molar-refractivity contribution in [3.63, 3.8) is 0 Å². The molecular formula is C27H28N4O2S. The summed E-state index contributed by atoms with van der Waals surface area (Å²) in [4.78, 5) is 15.1. The van der Waals surface area contributed by atoms with E-state index in [9.17, 15) is 4.79 Å². The summed E-state index contributed by atoms with van der Waals surface area (Å²) in [7, 11) is 3.51. The molecule has 0 atom stereocenters. The first-order valence-corrected chi connectivity index (χ1v) is 12.2. The zero-order valence-electron chi connectivity index (χ0n) is 19.6. The van der Waals surface area contributed by atoms with Gasteiger partial charge < -0.3 is 14.2 Å². The van der Waals surface area contributed by atoms with E-state index >= 15 is 0 Å². The van der Waals surface area contributed by atoms with Gasteiger partial charge in [-0.2, -0.15) is 0 Å². The number of amides is 1. The van der Waals surface area contributed by atoms with Gasteiger partial charge in [0, 0.05) is 19.2 Å². The molecule has 4 rings (SSSR count). The Bertz CT molecular complexity index is 1170. The second-order valence-electron chi connectivity index (χ2n) is 7.80. The topological polar surface area (TPSA) is 60.2 Å².